The first-order valence-electron chi connectivity index (χ1n) is 8.51. The Hall–Kier alpha value is -2.70. The molecule has 0 heterocycles. The molecule has 168 valence electrons. The highest BCUT2D eigenvalue weighted by Crippen LogP contribution is 2.42. The highest BCUT2D eigenvalue weighted by molar-refractivity contribution is 8.00. The van der Waals surface area contributed by atoms with Crippen LogP contribution in [0.15, 0.2) is 41.3 Å². The van der Waals surface area contributed by atoms with Crippen LogP contribution in [0.25, 0.3) is 0 Å². The summed E-state index contributed by atoms with van der Waals surface area (Å²) in [5.41, 5.74) is -6.91. The van der Waals surface area contributed by atoms with E-state index in [2.05, 4.69) is 5.32 Å². The van der Waals surface area contributed by atoms with Crippen LogP contribution in [-0.4, -0.2) is 45.0 Å². The molecular formula is C19H17F5N2O4S. The molecule has 0 saturated carbocycles. The number of thioether (sulfide) groups is 1. The normalized spacial score (nSPS) is 11.3. The molecule has 0 fully saturated rings. The molecule has 0 radical (unpaired) electrons. The average Bonchev–Trinajstić information content (AvgIpc) is 2.68. The van der Waals surface area contributed by atoms with Crippen LogP contribution in [0, 0.1) is 11.6 Å². The molecular weight excluding hydrogens is 447 g/mol. The van der Waals surface area contributed by atoms with Crippen molar-refractivity contribution < 1.29 is 41.0 Å². The van der Waals surface area contributed by atoms with Gasteiger partial charge in [-0.25, -0.2) is 13.6 Å². The van der Waals surface area contributed by atoms with Gasteiger partial charge in [-0.2, -0.15) is 13.2 Å². The van der Waals surface area contributed by atoms with Crippen molar-refractivity contribution in [2.24, 2.45) is 0 Å². The first-order valence-corrected chi connectivity index (χ1v) is 9.33. The fraction of sp³-hybridized carbons (Fsp3) is 0.263. The first kappa shape index (κ1) is 24.6. The van der Waals surface area contributed by atoms with Crippen LogP contribution in [0.3, 0.4) is 0 Å². The quantitative estimate of drug-likeness (QED) is 0.269. The zero-order valence-electron chi connectivity index (χ0n) is 16.3. The second kappa shape index (κ2) is 10.6. The predicted molar refractivity (Wildman–Crippen MR) is 103 cm³/mol. The van der Waals surface area contributed by atoms with Crippen molar-refractivity contribution in [1.82, 2.24) is 5.32 Å². The molecule has 2 aromatic rings. The maximum Gasteiger partial charge on any atom is 0.446 e. The summed E-state index contributed by atoms with van der Waals surface area (Å²) >= 11 is -0.648. The van der Waals surface area contributed by atoms with Crippen molar-refractivity contribution in [2.45, 2.75) is 10.4 Å². The molecule has 0 aromatic heterocycles. The lowest BCUT2D eigenvalue weighted by Crippen LogP contribution is -2.42. The Morgan fingerprint density at radius 1 is 1.00 bits per heavy atom. The Labute approximate surface area is 178 Å². The van der Waals surface area contributed by atoms with Gasteiger partial charge >= 0.3 is 11.5 Å². The fourth-order valence-corrected chi connectivity index (χ4v) is 3.31. The molecule has 0 aliphatic rings. The summed E-state index contributed by atoms with van der Waals surface area (Å²) in [6.07, 6.45) is 0. The molecule has 6 nitrogen and oxygen atoms in total. The molecule has 0 aliphatic carbocycles. The minimum Gasteiger partial charge on any atom is -0.364 e. The Morgan fingerprint density at radius 3 is 2.16 bits per heavy atom. The Morgan fingerprint density at radius 2 is 1.61 bits per heavy atom. The van der Waals surface area contributed by atoms with Gasteiger partial charge in [-0.15, -0.1) is 0 Å². The summed E-state index contributed by atoms with van der Waals surface area (Å²) in [6.45, 7) is -0.725. The lowest BCUT2D eigenvalue weighted by Gasteiger charge is -2.25. The summed E-state index contributed by atoms with van der Waals surface area (Å²) in [6, 6.07) is 5.03. The number of amides is 2. The largest absolute Gasteiger partial charge is 0.446 e. The maximum atomic E-state index is 14.2. The van der Waals surface area contributed by atoms with Crippen LogP contribution in [-0.2, 0) is 9.47 Å². The van der Waals surface area contributed by atoms with Gasteiger partial charge in [0.05, 0.1) is 16.8 Å². The van der Waals surface area contributed by atoms with E-state index < -0.39 is 63.5 Å². The van der Waals surface area contributed by atoms with E-state index in [4.69, 9.17) is 9.47 Å². The van der Waals surface area contributed by atoms with E-state index in [1.807, 2.05) is 0 Å². The third-order valence-electron chi connectivity index (χ3n) is 3.81. The van der Waals surface area contributed by atoms with Crippen LogP contribution >= 0.6 is 11.8 Å². The number of nitrogens with zero attached hydrogens (tertiary/aromatic N) is 1. The number of benzene rings is 2. The number of rotatable bonds is 8. The molecule has 0 aliphatic heterocycles. The molecule has 0 spiro atoms. The zero-order chi connectivity index (χ0) is 23.2. The number of hydrogen-bond acceptors (Lipinski definition) is 5. The van der Waals surface area contributed by atoms with E-state index in [0.29, 0.717) is 0 Å². The first-order chi connectivity index (χ1) is 14.6. The minimum atomic E-state index is -4.81. The summed E-state index contributed by atoms with van der Waals surface area (Å²) in [5.74, 6) is -3.88. The number of nitrogens with one attached hydrogen (secondary N) is 1. The number of halogens is 5. The average molecular weight is 464 g/mol. The second-order valence-electron chi connectivity index (χ2n) is 5.88. The second-order valence-corrected chi connectivity index (χ2v) is 6.99. The minimum absolute atomic E-state index is 0.249. The molecule has 0 atom stereocenters. The van der Waals surface area contributed by atoms with Crippen molar-refractivity contribution in [3.63, 3.8) is 0 Å². The topological polar surface area (TPSA) is 67.9 Å². The van der Waals surface area contributed by atoms with Gasteiger partial charge in [-0.1, -0.05) is 12.1 Å². The van der Waals surface area contributed by atoms with E-state index >= 15 is 0 Å². The maximum absolute atomic E-state index is 14.2. The van der Waals surface area contributed by atoms with Gasteiger partial charge in [0.1, 0.15) is 25.1 Å². The Kier molecular flexibility index (Phi) is 8.36. The number of ether oxygens (including phenoxy) is 2. The molecule has 31 heavy (non-hydrogen) atoms. The lowest BCUT2D eigenvalue weighted by molar-refractivity contribution is -0.0328. The Balaban J connectivity index is 2.72. The smallest absolute Gasteiger partial charge is 0.364 e. The lowest BCUT2D eigenvalue weighted by atomic mass is 10.00. The zero-order valence-corrected chi connectivity index (χ0v) is 17.1. The van der Waals surface area contributed by atoms with Crippen LogP contribution in [0.4, 0.5) is 32.4 Å². The SMILES string of the molecule is COCNC(=O)N(COC)c1cccc(SC(F)(F)F)c1C(=O)c1c(F)cccc1F. The summed E-state index contributed by atoms with van der Waals surface area (Å²) < 4.78 is 77.5. The van der Waals surface area contributed by atoms with Crippen LogP contribution in [0.1, 0.15) is 15.9 Å². The number of carbonyl (C=O) groups is 2. The van der Waals surface area contributed by atoms with E-state index in [1.54, 1.807) is 0 Å². The number of alkyl halides is 3. The summed E-state index contributed by atoms with van der Waals surface area (Å²) in [5, 5.41) is 2.31. The van der Waals surface area contributed by atoms with Crippen molar-refractivity contribution in [2.75, 3.05) is 32.6 Å². The molecule has 2 rings (SSSR count). The van der Waals surface area contributed by atoms with Crippen molar-refractivity contribution in [3.8, 4) is 0 Å². The summed E-state index contributed by atoms with van der Waals surface area (Å²) in [7, 11) is 2.50. The van der Waals surface area contributed by atoms with Gasteiger partial charge in [0.25, 0.3) is 0 Å². The van der Waals surface area contributed by atoms with E-state index in [0.717, 1.165) is 35.2 Å². The predicted octanol–water partition coefficient (Wildman–Crippen LogP) is 4.53. The van der Waals surface area contributed by atoms with Crippen LogP contribution < -0.4 is 10.2 Å². The molecule has 2 amide bonds. The standard InChI is InChI=1S/C19H17F5N2O4S/c1-29-9-25-18(28)26(10-30-2)13-7-4-8-14(31-19(22,23)24)16(13)17(27)15-11(20)5-3-6-12(15)21/h3-8H,9-10H2,1-2H3,(H,25,28). The highest BCUT2D eigenvalue weighted by Gasteiger charge is 2.35. The highest BCUT2D eigenvalue weighted by atomic mass is 32.2. The van der Waals surface area contributed by atoms with Gasteiger partial charge in [-0.3, -0.25) is 9.69 Å². The molecule has 2 aromatic carbocycles. The van der Waals surface area contributed by atoms with Gasteiger partial charge in [0.2, 0.25) is 5.78 Å². The number of ketones is 1. The number of hydrogen-bond donors (Lipinski definition) is 1. The number of urea groups is 1. The van der Waals surface area contributed by atoms with Crippen molar-refractivity contribution in [3.05, 3.63) is 59.2 Å². The molecule has 0 saturated heterocycles. The molecule has 12 heteroatoms. The van der Waals surface area contributed by atoms with Crippen molar-refractivity contribution in [1.29, 1.82) is 0 Å². The van der Waals surface area contributed by atoms with Gasteiger partial charge in [0.15, 0.2) is 0 Å². The van der Waals surface area contributed by atoms with E-state index in [-0.39, 0.29) is 12.4 Å². The Bertz CT molecular complexity index is 935. The van der Waals surface area contributed by atoms with Crippen LogP contribution in [0.2, 0.25) is 0 Å². The third kappa shape index (κ3) is 6.15. The fourth-order valence-electron chi connectivity index (χ4n) is 2.62. The van der Waals surface area contributed by atoms with Crippen molar-refractivity contribution >= 4 is 29.3 Å². The van der Waals surface area contributed by atoms with E-state index in [9.17, 15) is 31.5 Å². The van der Waals surface area contributed by atoms with Gasteiger partial charge in [0, 0.05) is 19.1 Å². The van der Waals surface area contributed by atoms with Gasteiger partial charge in [-0.05, 0) is 36.0 Å². The van der Waals surface area contributed by atoms with Crippen LogP contribution in [0.5, 0.6) is 0 Å². The number of anilines is 1. The van der Waals surface area contributed by atoms with E-state index in [1.165, 1.54) is 20.3 Å². The molecule has 0 bridgehead atoms. The molecule has 1 N–H and O–H groups in total. The van der Waals surface area contributed by atoms with Gasteiger partial charge < -0.3 is 14.8 Å². The number of carbonyl (C=O) groups excluding carboxylic acids is 2. The summed E-state index contributed by atoms with van der Waals surface area (Å²) in [4.78, 5) is 25.7. The molecule has 0 unspecified atom stereocenters. The number of methoxy groups -OCH3 is 2. The monoisotopic (exact) mass is 464 g/mol. The third-order valence-corrected chi connectivity index (χ3v) is 4.60.